The van der Waals surface area contributed by atoms with Crippen molar-refractivity contribution in [3.63, 3.8) is 0 Å². The monoisotopic (exact) mass is 516 g/mol. The maximum absolute atomic E-state index is 11.9. The van der Waals surface area contributed by atoms with Gasteiger partial charge in [-0.3, -0.25) is 4.52 Å². The van der Waals surface area contributed by atoms with E-state index in [1.807, 2.05) is 24.3 Å². The van der Waals surface area contributed by atoms with Gasteiger partial charge in [-0.15, -0.1) is 0 Å². The molecule has 16 heteroatoms. The van der Waals surface area contributed by atoms with Gasteiger partial charge in [0.05, 0.1) is 25.9 Å². The van der Waals surface area contributed by atoms with Crippen LogP contribution in [0.15, 0.2) is 18.2 Å². The Balaban J connectivity index is 1.66. The molecule has 1 aromatic carbocycles. The summed E-state index contributed by atoms with van der Waals surface area (Å²) < 4.78 is 57.0. The Morgan fingerprint density at radius 2 is 1.81 bits per heavy atom. The van der Waals surface area contributed by atoms with Crippen molar-refractivity contribution in [2.75, 3.05) is 13.7 Å². The Morgan fingerprint density at radius 3 is 2.47 bits per heavy atom. The lowest BCUT2D eigenvalue weighted by molar-refractivity contribution is -0.0225. The van der Waals surface area contributed by atoms with E-state index in [1.165, 1.54) is 7.11 Å². The lowest BCUT2D eigenvalue weighted by Gasteiger charge is -2.21. The average molecular weight is 516 g/mol. The number of hydrogen-bond donors (Lipinski definition) is 5. The molecular weight excluding hydrogens is 493 g/mol. The summed E-state index contributed by atoms with van der Waals surface area (Å²) in [5.74, 6) is 0.560. The van der Waals surface area contributed by atoms with Crippen LogP contribution in [0.25, 0.3) is 6.08 Å². The van der Waals surface area contributed by atoms with Crippen LogP contribution in [0.4, 0.5) is 0 Å². The lowest BCUT2D eigenvalue weighted by atomic mass is 9.92. The molecular formula is C16H23O13P3. The molecule has 1 aromatic rings. The number of methoxy groups -OCH3 is 1. The van der Waals surface area contributed by atoms with E-state index in [1.54, 1.807) is 0 Å². The molecule has 1 saturated heterocycles. The van der Waals surface area contributed by atoms with Crippen LogP contribution >= 0.6 is 23.5 Å². The summed E-state index contributed by atoms with van der Waals surface area (Å²) in [6, 6.07) is 3.77. The molecule has 0 saturated carbocycles. The highest BCUT2D eigenvalue weighted by Gasteiger charge is 2.43. The largest absolute Gasteiger partial charge is 0.496 e. The number of fused-ring (bicyclic) bond motifs is 1. The molecule has 0 radical (unpaired) electrons. The number of hydrogen-bond acceptors (Lipinski definition) is 9. The number of phosphoric acid groups is 3. The number of allylic oxidation sites excluding steroid dienone is 1. The van der Waals surface area contributed by atoms with Crippen LogP contribution in [0.1, 0.15) is 35.6 Å². The lowest BCUT2D eigenvalue weighted by Crippen LogP contribution is -2.26. The molecule has 32 heavy (non-hydrogen) atoms. The van der Waals surface area contributed by atoms with Gasteiger partial charge in [0, 0.05) is 12.0 Å². The van der Waals surface area contributed by atoms with Crippen molar-refractivity contribution in [2.45, 2.75) is 37.6 Å². The van der Waals surface area contributed by atoms with Gasteiger partial charge in [0.25, 0.3) is 0 Å². The predicted octanol–water partition coefficient (Wildman–Crippen LogP) is 2.19. The summed E-state index contributed by atoms with van der Waals surface area (Å²) in [4.78, 5) is 35.8. The fourth-order valence-electron chi connectivity index (χ4n) is 3.46. The zero-order chi connectivity index (χ0) is 23.7. The second-order valence-corrected chi connectivity index (χ2v) is 11.5. The first-order valence-corrected chi connectivity index (χ1v) is 13.8. The Morgan fingerprint density at radius 1 is 1.09 bits per heavy atom. The minimum atomic E-state index is -5.62. The minimum absolute atomic E-state index is 0.114. The highest BCUT2D eigenvalue weighted by Crippen LogP contribution is 2.66. The second kappa shape index (κ2) is 9.76. The smallest absolute Gasteiger partial charge is 0.490 e. The third kappa shape index (κ3) is 6.80. The van der Waals surface area contributed by atoms with Gasteiger partial charge >= 0.3 is 23.5 Å². The third-order valence-corrected chi connectivity index (χ3v) is 8.56. The SMILES string of the molecule is COc1cc2c(cc1[C@H]1C[C@@H](O)C(COP(=O)(O)OP(=O)(O)OP(=O)(O)O)O1)C=CCC2. The maximum atomic E-state index is 11.9. The number of phosphoric ester groups is 1. The Labute approximate surface area is 183 Å². The van der Waals surface area contributed by atoms with Gasteiger partial charge in [0.15, 0.2) is 0 Å². The molecule has 5 atom stereocenters. The van der Waals surface area contributed by atoms with E-state index in [-0.39, 0.29) is 6.42 Å². The summed E-state index contributed by atoms with van der Waals surface area (Å²) in [5, 5.41) is 10.3. The first-order valence-electron chi connectivity index (χ1n) is 9.28. The summed E-state index contributed by atoms with van der Waals surface area (Å²) in [6.45, 7) is -0.728. The van der Waals surface area contributed by atoms with Crippen molar-refractivity contribution in [3.8, 4) is 5.75 Å². The molecule has 3 rings (SSSR count). The molecule has 1 aliphatic carbocycles. The molecule has 5 N–H and O–H groups in total. The Hall–Kier alpha value is -0.910. The van der Waals surface area contributed by atoms with Crippen LogP contribution in [-0.4, -0.2) is 50.6 Å². The molecule has 180 valence electrons. The number of aliphatic hydroxyl groups excluding tert-OH is 1. The summed E-state index contributed by atoms with van der Waals surface area (Å²) in [6.07, 6.45) is 3.04. The average Bonchev–Trinajstić information content (AvgIpc) is 3.03. The molecule has 0 aromatic heterocycles. The zero-order valence-electron chi connectivity index (χ0n) is 16.7. The van der Waals surface area contributed by atoms with E-state index in [9.17, 15) is 28.6 Å². The molecule has 13 nitrogen and oxygen atoms in total. The zero-order valence-corrected chi connectivity index (χ0v) is 19.4. The first kappa shape index (κ1) is 25.7. The summed E-state index contributed by atoms with van der Waals surface area (Å²) in [7, 11) is -14.9. The van der Waals surface area contributed by atoms with Crippen molar-refractivity contribution >= 4 is 29.5 Å². The Kier molecular flexibility index (Phi) is 7.84. The molecule has 0 amide bonds. The minimum Gasteiger partial charge on any atom is -0.496 e. The molecule has 3 unspecified atom stereocenters. The quantitative estimate of drug-likeness (QED) is 0.300. The second-order valence-electron chi connectivity index (χ2n) is 7.09. The topological polar surface area (TPSA) is 199 Å². The van der Waals surface area contributed by atoms with Gasteiger partial charge in [-0.1, -0.05) is 12.2 Å². The van der Waals surface area contributed by atoms with E-state index >= 15 is 0 Å². The van der Waals surface area contributed by atoms with E-state index in [0.29, 0.717) is 11.3 Å². The summed E-state index contributed by atoms with van der Waals surface area (Å²) >= 11 is 0. The number of ether oxygens (including phenoxy) is 2. The molecule has 1 fully saturated rings. The van der Waals surface area contributed by atoms with E-state index in [2.05, 4.69) is 13.1 Å². The van der Waals surface area contributed by atoms with Gasteiger partial charge in [0.2, 0.25) is 0 Å². The van der Waals surface area contributed by atoms with Crippen LogP contribution in [-0.2, 0) is 38.0 Å². The van der Waals surface area contributed by atoms with Gasteiger partial charge < -0.3 is 34.2 Å². The molecule has 2 aliphatic rings. The van der Waals surface area contributed by atoms with E-state index in [4.69, 9.17) is 19.3 Å². The normalized spacial score (nSPS) is 26.9. The third-order valence-electron chi connectivity index (χ3n) is 4.76. The van der Waals surface area contributed by atoms with Crippen LogP contribution in [0, 0.1) is 0 Å². The van der Waals surface area contributed by atoms with Crippen LogP contribution in [0.2, 0.25) is 0 Å². The number of aliphatic hydroxyl groups is 1. The highest BCUT2D eigenvalue weighted by atomic mass is 31.3. The Bertz CT molecular complexity index is 1020. The first-order chi connectivity index (χ1) is 14.8. The predicted molar refractivity (Wildman–Crippen MR) is 108 cm³/mol. The van der Waals surface area contributed by atoms with E-state index in [0.717, 1.165) is 24.0 Å². The number of aryl methyl sites for hydroxylation is 1. The standard InChI is InChI=1S/C16H23O13P3/c1-25-14-7-11-5-3-2-4-10(11)6-12(14)15-8-13(17)16(27-15)9-26-31(21,22)29-32(23,24)28-30(18,19)20/h2,4,6-7,13,15-17H,3,5,8-9H2,1H3,(H,21,22)(H,23,24)(H2,18,19,20)/t13-,15-,16?/m1/s1. The fourth-order valence-corrected chi connectivity index (χ4v) is 6.49. The molecule has 0 spiro atoms. The number of rotatable bonds is 9. The molecule has 0 bridgehead atoms. The van der Waals surface area contributed by atoms with Gasteiger partial charge in [-0.25, -0.2) is 13.7 Å². The van der Waals surface area contributed by atoms with Crippen LogP contribution in [0.3, 0.4) is 0 Å². The maximum Gasteiger partial charge on any atom is 0.490 e. The van der Waals surface area contributed by atoms with Crippen molar-refractivity contribution in [1.82, 2.24) is 0 Å². The van der Waals surface area contributed by atoms with Gasteiger partial charge in [0.1, 0.15) is 11.9 Å². The van der Waals surface area contributed by atoms with Gasteiger partial charge in [-0.2, -0.15) is 8.62 Å². The van der Waals surface area contributed by atoms with Crippen molar-refractivity contribution < 1.29 is 61.0 Å². The van der Waals surface area contributed by atoms with Crippen molar-refractivity contribution in [3.05, 3.63) is 34.9 Å². The van der Waals surface area contributed by atoms with Crippen LogP contribution in [0.5, 0.6) is 5.75 Å². The van der Waals surface area contributed by atoms with E-state index < -0.39 is 48.4 Å². The van der Waals surface area contributed by atoms with Gasteiger partial charge in [-0.05, 0) is 36.1 Å². The number of benzene rings is 1. The fraction of sp³-hybridized carbons (Fsp3) is 0.500. The molecule has 1 heterocycles. The van der Waals surface area contributed by atoms with Crippen molar-refractivity contribution in [1.29, 1.82) is 0 Å². The van der Waals surface area contributed by atoms with Crippen LogP contribution < -0.4 is 4.74 Å². The molecule has 1 aliphatic heterocycles. The van der Waals surface area contributed by atoms with Crippen molar-refractivity contribution in [2.24, 2.45) is 0 Å². The summed E-state index contributed by atoms with van der Waals surface area (Å²) in [5.41, 5.74) is 2.76. The highest BCUT2D eigenvalue weighted by molar-refractivity contribution is 7.66.